The molecule has 2 heterocycles. The molecule has 7 heteroatoms. The number of carbonyl (C=O) groups excluding carboxylic acids is 1. The molecular weight excluding hydrogens is 454 g/mol. The van der Waals surface area contributed by atoms with Gasteiger partial charge >= 0.3 is 0 Å². The van der Waals surface area contributed by atoms with Gasteiger partial charge in [0.25, 0.3) is 5.91 Å². The Morgan fingerprint density at radius 3 is 2.42 bits per heavy atom. The molecule has 188 valence electrons. The SMILES string of the molecule is COc1ccc(CCNC2CCN(c3ccc(C(=O)NCc4ccc5c(c4)OCO5)cc3)CC2)cc1. The monoisotopic (exact) mass is 487 g/mol. The van der Waals surface area contributed by atoms with Crippen LogP contribution in [0, 0.1) is 0 Å². The zero-order chi connectivity index (χ0) is 24.7. The normalized spacial score (nSPS) is 15.1. The minimum atomic E-state index is -0.0843. The first-order valence-electron chi connectivity index (χ1n) is 12.6. The Balaban J connectivity index is 1.04. The maximum atomic E-state index is 12.6. The molecule has 5 rings (SSSR count). The van der Waals surface area contributed by atoms with Crippen molar-refractivity contribution < 1.29 is 19.0 Å². The van der Waals surface area contributed by atoms with Crippen LogP contribution in [-0.2, 0) is 13.0 Å². The van der Waals surface area contributed by atoms with E-state index < -0.39 is 0 Å². The lowest BCUT2D eigenvalue weighted by Gasteiger charge is -2.34. The molecule has 2 aliphatic heterocycles. The van der Waals surface area contributed by atoms with Crippen molar-refractivity contribution >= 4 is 11.6 Å². The van der Waals surface area contributed by atoms with Crippen molar-refractivity contribution in [2.75, 3.05) is 38.4 Å². The van der Waals surface area contributed by atoms with Crippen LogP contribution < -0.4 is 29.7 Å². The lowest BCUT2D eigenvalue weighted by molar-refractivity contribution is 0.0951. The average Bonchev–Trinajstić information content (AvgIpc) is 3.41. The summed E-state index contributed by atoms with van der Waals surface area (Å²) in [7, 11) is 1.69. The van der Waals surface area contributed by atoms with Crippen LogP contribution >= 0.6 is 0 Å². The molecule has 0 radical (unpaired) electrons. The summed E-state index contributed by atoms with van der Waals surface area (Å²) < 4.78 is 16.0. The largest absolute Gasteiger partial charge is 0.497 e. The molecule has 0 bridgehead atoms. The molecule has 0 spiro atoms. The van der Waals surface area contributed by atoms with E-state index >= 15 is 0 Å². The number of methoxy groups -OCH3 is 1. The summed E-state index contributed by atoms with van der Waals surface area (Å²) >= 11 is 0. The molecule has 1 saturated heterocycles. The summed E-state index contributed by atoms with van der Waals surface area (Å²) in [6.07, 6.45) is 3.24. The maximum Gasteiger partial charge on any atom is 0.251 e. The smallest absolute Gasteiger partial charge is 0.251 e. The summed E-state index contributed by atoms with van der Waals surface area (Å²) in [6.45, 7) is 3.69. The molecule has 3 aromatic carbocycles. The van der Waals surface area contributed by atoms with E-state index in [0.29, 0.717) is 18.2 Å². The summed E-state index contributed by atoms with van der Waals surface area (Å²) in [4.78, 5) is 15.0. The number of hydrogen-bond donors (Lipinski definition) is 2. The number of anilines is 1. The topological polar surface area (TPSA) is 72.1 Å². The third kappa shape index (κ3) is 5.91. The molecule has 2 aliphatic rings. The van der Waals surface area contributed by atoms with Gasteiger partial charge in [-0.25, -0.2) is 0 Å². The van der Waals surface area contributed by atoms with Gasteiger partial charge in [-0.2, -0.15) is 0 Å². The van der Waals surface area contributed by atoms with Crippen molar-refractivity contribution in [3.05, 3.63) is 83.4 Å². The third-order valence-electron chi connectivity index (χ3n) is 6.89. The fourth-order valence-corrected chi connectivity index (χ4v) is 4.71. The van der Waals surface area contributed by atoms with Gasteiger partial charge in [0.2, 0.25) is 6.79 Å². The van der Waals surface area contributed by atoms with Crippen molar-refractivity contribution in [2.24, 2.45) is 0 Å². The first-order chi connectivity index (χ1) is 17.7. The van der Waals surface area contributed by atoms with Gasteiger partial charge in [-0.05, 0) is 85.5 Å². The average molecular weight is 488 g/mol. The molecule has 0 aromatic heterocycles. The summed E-state index contributed by atoms with van der Waals surface area (Å²) in [6, 6.07) is 22.5. The second kappa shape index (κ2) is 11.4. The number of rotatable bonds is 9. The van der Waals surface area contributed by atoms with Crippen LogP contribution in [0.2, 0.25) is 0 Å². The van der Waals surface area contributed by atoms with Crippen LogP contribution in [0.3, 0.4) is 0 Å². The highest BCUT2D eigenvalue weighted by atomic mass is 16.7. The molecule has 0 saturated carbocycles. The maximum absolute atomic E-state index is 12.6. The quantitative estimate of drug-likeness (QED) is 0.472. The van der Waals surface area contributed by atoms with Gasteiger partial charge < -0.3 is 29.7 Å². The van der Waals surface area contributed by atoms with E-state index in [4.69, 9.17) is 14.2 Å². The summed E-state index contributed by atoms with van der Waals surface area (Å²) in [5.41, 5.74) is 4.12. The Morgan fingerprint density at radius 2 is 1.67 bits per heavy atom. The van der Waals surface area contributed by atoms with E-state index in [1.807, 2.05) is 54.6 Å². The van der Waals surface area contributed by atoms with Crippen LogP contribution in [-0.4, -0.2) is 45.5 Å². The number of hydrogen-bond acceptors (Lipinski definition) is 6. The van der Waals surface area contributed by atoms with E-state index in [1.165, 1.54) is 11.3 Å². The van der Waals surface area contributed by atoms with E-state index in [9.17, 15) is 4.79 Å². The second-order valence-corrected chi connectivity index (χ2v) is 9.23. The van der Waals surface area contributed by atoms with E-state index in [1.54, 1.807) is 7.11 Å². The van der Waals surface area contributed by atoms with Gasteiger partial charge in [0.05, 0.1) is 7.11 Å². The van der Waals surface area contributed by atoms with Crippen molar-refractivity contribution in [3.8, 4) is 17.2 Å². The first-order valence-corrected chi connectivity index (χ1v) is 12.6. The number of nitrogens with zero attached hydrogens (tertiary/aromatic N) is 1. The van der Waals surface area contributed by atoms with Gasteiger partial charge in [0, 0.05) is 36.9 Å². The van der Waals surface area contributed by atoms with Gasteiger partial charge in [-0.3, -0.25) is 4.79 Å². The van der Waals surface area contributed by atoms with Crippen LogP contribution in [0.5, 0.6) is 17.2 Å². The molecule has 1 amide bonds. The van der Waals surface area contributed by atoms with Gasteiger partial charge in [-0.15, -0.1) is 0 Å². The number of piperidine rings is 1. The number of ether oxygens (including phenoxy) is 3. The van der Waals surface area contributed by atoms with Crippen LogP contribution in [0.15, 0.2) is 66.7 Å². The Labute approximate surface area is 212 Å². The minimum absolute atomic E-state index is 0.0843. The zero-order valence-electron chi connectivity index (χ0n) is 20.7. The van der Waals surface area contributed by atoms with Gasteiger partial charge in [0.1, 0.15) is 5.75 Å². The Kier molecular flexibility index (Phi) is 7.57. The molecule has 0 unspecified atom stereocenters. The molecule has 0 atom stereocenters. The fraction of sp³-hybridized carbons (Fsp3) is 0.345. The summed E-state index contributed by atoms with van der Waals surface area (Å²) in [5, 5.41) is 6.70. The number of nitrogens with one attached hydrogen (secondary N) is 2. The van der Waals surface area contributed by atoms with Crippen LogP contribution in [0.4, 0.5) is 5.69 Å². The fourth-order valence-electron chi connectivity index (χ4n) is 4.71. The predicted molar refractivity (Wildman–Crippen MR) is 140 cm³/mol. The molecule has 7 nitrogen and oxygen atoms in total. The Morgan fingerprint density at radius 1 is 0.944 bits per heavy atom. The summed E-state index contributed by atoms with van der Waals surface area (Å²) in [5.74, 6) is 2.28. The van der Waals surface area contributed by atoms with Crippen LogP contribution in [0.1, 0.15) is 34.3 Å². The van der Waals surface area contributed by atoms with E-state index in [2.05, 4.69) is 27.7 Å². The van der Waals surface area contributed by atoms with Crippen molar-refractivity contribution in [1.82, 2.24) is 10.6 Å². The van der Waals surface area contributed by atoms with Gasteiger partial charge in [-0.1, -0.05) is 18.2 Å². The lowest BCUT2D eigenvalue weighted by atomic mass is 10.0. The van der Waals surface area contributed by atoms with E-state index in [0.717, 1.165) is 61.7 Å². The Bertz CT molecular complexity index is 1160. The highest BCUT2D eigenvalue weighted by Gasteiger charge is 2.19. The molecule has 0 aliphatic carbocycles. The standard InChI is InChI=1S/C29H33N3O4/c1-34-26-9-2-21(3-10-26)12-15-30-24-13-16-32(17-14-24)25-7-5-23(6-8-25)29(33)31-19-22-4-11-27-28(18-22)36-20-35-27/h2-11,18,24,30H,12-17,19-20H2,1H3,(H,31,33). The van der Waals surface area contributed by atoms with Crippen molar-refractivity contribution in [2.45, 2.75) is 31.8 Å². The van der Waals surface area contributed by atoms with Crippen LogP contribution in [0.25, 0.3) is 0 Å². The molecule has 36 heavy (non-hydrogen) atoms. The number of carbonyl (C=O) groups is 1. The Hall–Kier alpha value is -3.71. The molecule has 2 N–H and O–H groups in total. The minimum Gasteiger partial charge on any atom is -0.497 e. The predicted octanol–water partition coefficient (Wildman–Crippen LogP) is 4.16. The highest BCUT2D eigenvalue weighted by molar-refractivity contribution is 5.94. The second-order valence-electron chi connectivity index (χ2n) is 9.23. The number of benzene rings is 3. The lowest BCUT2D eigenvalue weighted by Crippen LogP contribution is -2.43. The van der Waals surface area contributed by atoms with Crippen molar-refractivity contribution in [1.29, 1.82) is 0 Å². The van der Waals surface area contributed by atoms with E-state index in [-0.39, 0.29) is 12.7 Å². The highest BCUT2D eigenvalue weighted by Crippen LogP contribution is 2.32. The number of fused-ring (bicyclic) bond motifs is 1. The molecule has 1 fully saturated rings. The third-order valence-corrected chi connectivity index (χ3v) is 6.89. The van der Waals surface area contributed by atoms with Crippen molar-refractivity contribution in [3.63, 3.8) is 0 Å². The van der Waals surface area contributed by atoms with Gasteiger partial charge in [0.15, 0.2) is 11.5 Å². The zero-order valence-corrected chi connectivity index (χ0v) is 20.7. The molecule has 3 aromatic rings. The molecular formula is C29H33N3O4. The number of amides is 1. The first kappa shape index (κ1) is 24.0.